The second kappa shape index (κ2) is 4.80. The smallest absolute Gasteiger partial charge is 0.0923 e. The van der Waals surface area contributed by atoms with Gasteiger partial charge in [0.15, 0.2) is 0 Å². The van der Waals surface area contributed by atoms with E-state index in [-0.39, 0.29) is 0 Å². The number of para-hydroxylation sites is 2. The Bertz CT molecular complexity index is 749. The van der Waals surface area contributed by atoms with Gasteiger partial charge >= 0.3 is 0 Å². The van der Waals surface area contributed by atoms with Crippen LogP contribution >= 0.6 is 23.2 Å². The van der Waals surface area contributed by atoms with Crippen LogP contribution in [-0.2, 0) is 0 Å². The number of aryl methyl sites for hydroxylation is 1. The SMILES string of the molecule is Cc1nc2ccccc2nc1-c1cc(Cl)cc(Cl)c1. The van der Waals surface area contributed by atoms with Crippen LogP contribution in [0.4, 0.5) is 0 Å². The molecule has 0 saturated carbocycles. The van der Waals surface area contributed by atoms with Gasteiger partial charge in [0, 0.05) is 15.6 Å². The highest BCUT2D eigenvalue weighted by atomic mass is 35.5. The molecule has 0 N–H and O–H groups in total. The summed E-state index contributed by atoms with van der Waals surface area (Å²) in [6.45, 7) is 1.93. The summed E-state index contributed by atoms with van der Waals surface area (Å²) in [4.78, 5) is 9.21. The third-order valence-corrected chi connectivity index (χ3v) is 3.32. The van der Waals surface area contributed by atoms with Crippen LogP contribution in [-0.4, -0.2) is 9.97 Å². The lowest BCUT2D eigenvalue weighted by molar-refractivity contribution is 1.19. The third-order valence-electron chi connectivity index (χ3n) is 2.88. The highest BCUT2D eigenvalue weighted by Crippen LogP contribution is 2.28. The van der Waals surface area contributed by atoms with Gasteiger partial charge in [-0.25, -0.2) is 9.97 Å². The molecule has 0 aliphatic heterocycles. The standard InChI is InChI=1S/C15H10Cl2N2/c1-9-15(10-6-11(16)8-12(17)7-10)19-14-5-3-2-4-13(14)18-9/h2-8H,1H3. The van der Waals surface area contributed by atoms with Crippen LogP contribution in [0.1, 0.15) is 5.69 Å². The number of rotatable bonds is 1. The largest absolute Gasteiger partial charge is 0.249 e. The van der Waals surface area contributed by atoms with Gasteiger partial charge in [0.05, 0.1) is 22.4 Å². The Hall–Kier alpha value is -1.64. The zero-order chi connectivity index (χ0) is 13.4. The molecule has 0 radical (unpaired) electrons. The van der Waals surface area contributed by atoms with E-state index in [0.717, 1.165) is 28.0 Å². The minimum Gasteiger partial charge on any atom is -0.249 e. The van der Waals surface area contributed by atoms with Crippen LogP contribution in [0, 0.1) is 6.92 Å². The van der Waals surface area contributed by atoms with Gasteiger partial charge in [-0.05, 0) is 37.3 Å². The molecular formula is C15H10Cl2N2. The van der Waals surface area contributed by atoms with Crippen molar-refractivity contribution < 1.29 is 0 Å². The molecule has 4 heteroatoms. The van der Waals surface area contributed by atoms with Crippen LogP contribution in [0.2, 0.25) is 10.0 Å². The fourth-order valence-electron chi connectivity index (χ4n) is 2.05. The number of hydrogen-bond acceptors (Lipinski definition) is 2. The number of nitrogens with zero attached hydrogens (tertiary/aromatic N) is 2. The number of aromatic nitrogens is 2. The van der Waals surface area contributed by atoms with E-state index in [4.69, 9.17) is 23.2 Å². The molecule has 3 rings (SSSR count). The van der Waals surface area contributed by atoms with Crippen LogP contribution < -0.4 is 0 Å². The first kappa shape index (κ1) is 12.4. The Morgan fingerprint density at radius 2 is 1.42 bits per heavy atom. The van der Waals surface area contributed by atoms with Gasteiger partial charge in [0.2, 0.25) is 0 Å². The third kappa shape index (κ3) is 2.42. The van der Waals surface area contributed by atoms with E-state index in [1.807, 2.05) is 43.3 Å². The first-order chi connectivity index (χ1) is 9.13. The van der Waals surface area contributed by atoms with Crippen LogP contribution in [0.15, 0.2) is 42.5 Å². The lowest BCUT2D eigenvalue weighted by Gasteiger charge is -2.07. The molecule has 0 atom stereocenters. The Morgan fingerprint density at radius 3 is 2.05 bits per heavy atom. The molecule has 94 valence electrons. The maximum absolute atomic E-state index is 6.04. The normalized spacial score (nSPS) is 10.9. The summed E-state index contributed by atoms with van der Waals surface area (Å²) in [7, 11) is 0. The summed E-state index contributed by atoms with van der Waals surface area (Å²) in [5, 5.41) is 1.19. The van der Waals surface area contributed by atoms with E-state index < -0.39 is 0 Å². The predicted octanol–water partition coefficient (Wildman–Crippen LogP) is 4.91. The van der Waals surface area contributed by atoms with Crippen molar-refractivity contribution in [3.63, 3.8) is 0 Å². The second-order valence-electron chi connectivity index (χ2n) is 4.30. The number of halogens is 2. The van der Waals surface area contributed by atoms with Gasteiger partial charge in [0.1, 0.15) is 0 Å². The van der Waals surface area contributed by atoms with E-state index in [2.05, 4.69) is 9.97 Å². The lowest BCUT2D eigenvalue weighted by atomic mass is 10.1. The predicted molar refractivity (Wildman–Crippen MR) is 79.7 cm³/mol. The molecule has 2 aromatic carbocycles. The van der Waals surface area contributed by atoms with E-state index in [0.29, 0.717) is 10.0 Å². The van der Waals surface area contributed by atoms with E-state index in [1.54, 1.807) is 6.07 Å². The topological polar surface area (TPSA) is 25.8 Å². The van der Waals surface area contributed by atoms with Crippen molar-refractivity contribution in [1.82, 2.24) is 9.97 Å². The number of fused-ring (bicyclic) bond motifs is 1. The average Bonchev–Trinajstić information content (AvgIpc) is 2.36. The summed E-state index contributed by atoms with van der Waals surface area (Å²) >= 11 is 12.1. The summed E-state index contributed by atoms with van der Waals surface area (Å²) in [5.41, 5.74) is 4.30. The molecular weight excluding hydrogens is 279 g/mol. The Labute approximate surface area is 121 Å². The maximum atomic E-state index is 6.04. The molecule has 0 saturated heterocycles. The molecule has 0 aliphatic carbocycles. The fourth-order valence-corrected chi connectivity index (χ4v) is 2.58. The minimum absolute atomic E-state index is 0.594. The fraction of sp³-hybridized carbons (Fsp3) is 0.0667. The molecule has 0 fully saturated rings. The average molecular weight is 289 g/mol. The molecule has 1 heterocycles. The first-order valence-electron chi connectivity index (χ1n) is 5.83. The van der Waals surface area contributed by atoms with Crippen molar-refractivity contribution in [3.8, 4) is 11.3 Å². The number of hydrogen-bond donors (Lipinski definition) is 0. The molecule has 2 nitrogen and oxygen atoms in total. The van der Waals surface area contributed by atoms with Crippen molar-refractivity contribution in [2.45, 2.75) is 6.92 Å². The van der Waals surface area contributed by atoms with Gasteiger partial charge in [-0.15, -0.1) is 0 Å². The molecule has 0 unspecified atom stereocenters. The van der Waals surface area contributed by atoms with Crippen molar-refractivity contribution in [2.24, 2.45) is 0 Å². The quantitative estimate of drug-likeness (QED) is 0.636. The van der Waals surface area contributed by atoms with Gasteiger partial charge in [-0.3, -0.25) is 0 Å². The molecule has 3 aromatic rings. The van der Waals surface area contributed by atoms with Crippen LogP contribution in [0.25, 0.3) is 22.3 Å². The van der Waals surface area contributed by atoms with Crippen molar-refractivity contribution in [1.29, 1.82) is 0 Å². The van der Waals surface area contributed by atoms with Crippen LogP contribution in [0.3, 0.4) is 0 Å². The number of benzene rings is 2. The molecule has 0 spiro atoms. The molecule has 19 heavy (non-hydrogen) atoms. The second-order valence-corrected chi connectivity index (χ2v) is 5.18. The van der Waals surface area contributed by atoms with E-state index >= 15 is 0 Å². The first-order valence-corrected chi connectivity index (χ1v) is 6.59. The van der Waals surface area contributed by atoms with Gasteiger partial charge < -0.3 is 0 Å². The Morgan fingerprint density at radius 1 is 0.842 bits per heavy atom. The summed E-state index contributed by atoms with van der Waals surface area (Å²) in [6.07, 6.45) is 0. The minimum atomic E-state index is 0.594. The monoisotopic (exact) mass is 288 g/mol. The molecule has 0 bridgehead atoms. The molecule has 0 aliphatic rings. The zero-order valence-electron chi connectivity index (χ0n) is 10.2. The van der Waals surface area contributed by atoms with Gasteiger partial charge in [-0.1, -0.05) is 35.3 Å². The summed E-state index contributed by atoms with van der Waals surface area (Å²) < 4.78 is 0. The summed E-state index contributed by atoms with van der Waals surface area (Å²) in [5.74, 6) is 0. The highest BCUT2D eigenvalue weighted by Gasteiger charge is 2.09. The molecule has 0 amide bonds. The zero-order valence-corrected chi connectivity index (χ0v) is 11.7. The van der Waals surface area contributed by atoms with Gasteiger partial charge in [0.25, 0.3) is 0 Å². The van der Waals surface area contributed by atoms with Crippen molar-refractivity contribution >= 4 is 34.2 Å². The maximum Gasteiger partial charge on any atom is 0.0923 e. The molecule has 1 aromatic heterocycles. The van der Waals surface area contributed by atoms with E-state index in [1.165, 1.54) is 0 Å². The Kier molecular flexibility index (Phi) is 3.13. The van der Waals surface area contributed by atoms with E-state index in [9.17, 15) is 0 Å². The lowest BCUT2D eigenvalue weighted by Crippen LogP contribution is -1.94. The summed E-state index contributed by atoms with van der Waals surface area (Å²) in [6, 6.07) is 13.2. The van der Waals surface area contributed by atoms with Crippen LogP contribution in [0.5, 0.6) is 0 Å². The van der Waals surface area contributed by atoms with Crippen molar-refractivity contribution in [3.05, 3.63) is 58.2 Å². The highest BCUT2D eigenvalue weighted by molar-refractivity contribution is 6.35. The Balaban J connectivity index is 2.26. The van der Waals surface area contributed by atoms with Crippen molar-refractivity contribution in [2.75, 3.05) is 0 Å². The van der Waals surface area contributed by atoms with Gasteiger partial charge in [-0.2, -0.15) is 0 Å².